The van der Waals surface area contributed by atoms with Crippen LogP contribution in [0.2, 0.25) is 0 Å². The summed E-state index contributed by atoms with van der Waals surface area (Å²) in [7, 11) is 0. The highest BCUT2D eigenvalue weighted by Crippen LogP contribution is 2.03. The standard InChI is InChI=1S/C10H22O3/c1-9(12)5-4-8-13-10(2)6-3-7-11/h9-12H,3-8H2,1-2H3. The van der Waals surface area contributed by atoms with Gasteiger partial charge in [-0.2, -0.15) is 0 Å². The second kappa shape index (κ2) is 8.48. The van der Waals surface area contributed by atoms with Crippen LogP contribution in [0.1, 0.15) is 39.5 Å². The van der Waals surface area contributed by atoms with Gasteiger partial charge < -0.3 is 14.9 Å². The molecule has 2 unspecified atom stereocenters. The van der Waals surface area contributed by atoms with E-state index in [1.807, 2.05) is 6.92 Å². The van der Waals surface area contributed by atoms with Crippen LogP contribution in [0.3, 0.4) is 0 Å². The molecule has 0 fully saturated rings. The molecule has 0 bridgehead atoms. The van der Waals surface area contributed by atoms with Crippen molar-refractivity contribution >= 4 is 0 Å². The van der Waals surface area contributed by atoms with Gasteiger partial charge in [-0.1, -0.05) is 0 Å². The molecule has 0 aromatic carbocycles. The van der Waals surface area contributed by atoms with Crippen LogP contribution >= 0.6 is 0 Å². The smallest absolute Gasteiger partial charge is 0.0547 e. The van der Waals surface area contributed by atoms with Gasteiger partial charge in [0.25, 0.3) is 0 Å². The third kappa shape index (κ3) is 9.80. The first kappa shape index (κ1) is 12.9. The Morgan fingerprint density at radius 3 is 2.38 bits per heavy atom. The van der Waals surface area contributed by atoms with E-state index in [0.29, 0.717) is 6.61 Å². The van der Waals surface area contributed by atoms with Gasteiger partial charge in [-0.15, -0.1) is 0 Å². The molecule has 0 heterocycles. The average Bonchev–Trinajstić information content (AvgIpc) is 2.08. The molecule has 0 aromatic heterocycles. The Bertz CT molecular complexity index is 104. The highest BCUT2D eigenvalue weighted by Gasteiger charge is 2.01. The van der Waals surface area contributed by atoms with Crippen LogP contribution in [0.5, 0.6) is 0 Å². The van der Waals surface area contributed by atoms with E-state index < -0.39 is 0 Å². The summed E-state index contributed by atoms with van der Waals surface area (Å²) in [6, 6.07) is 0. The summed E-state index contributed by atoms with van der Waals surface area (Å²) in [5.41, 5.74) is 0. The number of rotatable bonds is 8. The second-order valence-electron chi connectivity index (χ2n) is 3.54. The fourth-order valence-electron chi connectivity index (χ4n) is 1.13. The van der Waals surface area contributed by atoms with Crippen LogP contribution in [-0.4, -0.2) is 35.6 Å². The maximum atomic E-state index is 8.97. The summed E-state index contributed by atoms with van der Waals surface area (Å²) < 4.78 is 5.47. The van der Waals surface area contributed by atoms with Crippen molar-refractivity contribution in [3.8, 4) is 0 Å². The minimum Gasteiger partial charge on any atom is -0.396 e. The van der Waals surface area contributed by atoms with Crippen molar-refractivity contribution in [3.05, 3.63) is 0 Å². The van der Waals surface area contributed by atoms with Crippen LogP contribution in [0.25, 0.3) is 0 Å². The molecule has 0 radical (unpaired) electrons. The largest absolute Gasteiger partial charge is 0.396 e. The fourth-order valence-corrected chi connectivity index (χ4v) is 1.13. The SMILES string of the molecule is CC(O)CCCOC(C)CCCO. The van der Waals surface area contributed by atoms with Crippen molar-refractivity contribution in [3.63, 3.8) is 0 Å². The summed E-state index contributed by atoms with van der Waals surface area (Å²) in [6.45, 7) is 4.74. The van der Waals surface area contributed by atoms with Gasteiger partial charge in [0.15, 0.2) is 0 Å². The fraction of sp³-hybridized carbons (Fsp3) is 1.00. The molecule has 80 valence electrons. The van der Waals surface area contributed by atoms with Gasteiger partial charge in [-0.3, -0.25) is 0 Å². The van der Waals surface area contributed by atoms with E-state index in [1.54, 1.807) is 6.92 Å². The molecule has 0 saturated heterocycles. The Morgan fingerprint density at radius 1 is 1.15 bits per heavy atom. The topological polar surface area (TPSA) is 49.7 Å². The summed E-state index contributed by atoms with van der Waals surface area (Å²) in [5.74, 6) is 0. The molecular formula is C10H22O3. The first-order valence-electron chi connectivity index (χ1n) is 5.07. The van der Waals surface area contributed by atoms with Crippen LogP contribution in [0.4, 0.5) is 0 Å². The number of hydrogen-bond donors (Lipinski definition) is 2. The molecule has 3 nitrogen and oxygen atoms in total. The van der Waals surface area contributed by atoms with E-state index in [9.17, 15) is 0 Å². The molecule has 2 atom stereocenters. The predicted octanol–water partition coefficient (Wildman–Crippen LogP) is 1.32. The quantitative estimate of drug-likeness (QED) is 0.568. The van der Waals surface area contributed by atoms with Gasteiger partial charge in [-0.05, 0) is 39.5 Å². The molecule has 0 rings (SSSR count). The summed E-state index contributed by atoms with van der Waals surface area (Å²) in [6.07, 6.45) is 3.41. The molecule has 0 saturated carbocycles. The third-order valence-electron chi connectivity index (χ3n) is 1.94. The van der Waals surface area contributed by atoms with Gasteiger partial charge in [0.1, 0.15) is 0 Å². The number of hydrogen-bond acceptors (Lipinski definition) is 3. The Hall–Kier alpha value is -0.120. The first-order chi connectivity index (χ1) is 6.16. The third-order valence-corrected chi connectivity index (χ3v) is 1.94. The molecule has 3 heteroatoms. The molecule has 0 aliphatic rings. The first-order valence-corrected chi connectivity index (χ1v) is 5.07. The number of aliphatic hydroxyl groups excluding tert-OH is 2. The Kier molecular flexibility index (Phi) is 8.40. The van der Waals surface area contributed by atoms with Crippen molar-refractivity contribution in [2.45, 2.75) is 51.7 Å². The minimum absolute atomic E-state index is 0.223. The molecule has 0 spiro atoms. The van der Waals surface area contributed by atoms with E-state index in [1.165, 1.54) is 0 Å². The van der Waals surface area contributed by atoms with Crippen molar-refractivity contribution in [2.24, 2.45) is 0 Å². The number of aliphatic hydroxyl groups is 2. The zero-order valence-corrected chi connectivity index (χ0v) is 8.70. The van der Waals surface area contributed by atoms with E-state index in [2.05, 4.69) is 0 Å². The Morgan fingerprint density at radius 2 is 1.85 bits per heavy atom. The van der Waals surface area contributed by atoms with E-state index in [-0.39, 0.29) is 18.8 Å². The second-order valence-corrected chi connectivity index (χ2v) is 3.54. The minimum atomic E-state index is -0.226. The monoisotopic (exact) mass is 190 g/mol. The highest BCUT2D eigenvalue weighted by molar-refractivity contribution is 4.51. The highest BCUT2D eigenvalue weighted by atomic mass is 16.5. The molecule has 0 aliphatic carbocycles. The van der Waals surface area contributed by atoms with Gasteiger partial charge in [0.2, 0.25) is 0 Å². The summed E-state index contributed by atoms with van der Waals surface area (Å²) in [5, 5.41) is 17.5. The van der Waals surface area contributed by atoms with Crippen LogP contribution in [0, 0.1) is 0 Å². The molecule has 0 amide bonds. The van der Waals surface area contributed by atoms with Crippen molar-refractivity contribution < 1.29 is 14.9 Å². The Balaban J connectivity index is 3.12. The van der Waals surface area contributed by atoms with Gasteiger partial charge in [0, 0.05) is 13.2 Å². The molecule has 0 aliphatic heterocycles. The lowest BCUT2D eigenvalue weighted by Crippen LogP contribution is -2.11. The maximum absolute atomic E-state index is 8.97. The molecule has 0 aromatic rings. The lowest BCUT2D eigenvalue weighted by atomic mass is 10.2. The van der Waals surface area contributed by atoms with E-state index in [0.717, 1.165) is 25.7 Å². The lowest BCUT2D eigenvalue weighted by Gasteiger charge is -2.12. The van der Waals surface area contributed by atoms with E-state index >= 15 is 0 Å². The maximum Gasteiger partial charge on any atom is 0.0547 e. The molecular weight excluding hydrogens is 168 g/mol. The van der Waals surface area contributed by atoms with E-state index in [4.69, 9.17) is 14.9 Å². The van der Waals surface area contributed by atoms with Crippen molar-refractivity contribution in [2.75, 3.05) is 13.2 Å². The number of ether oxygens (including phenoxy) is 1. The van der Waals surface area contributed by atoms with Gasteiger partial charge in [0.05, 0.1) is 12.2 Å². The summed E-state index contributed by atoms with van der Waals surface area (Å²) >= 11 is 0. The Labute approximate surface area is 80.7 Å². The lowest BCUT2D eigenvalue weighted by molar-refractivity contribution is 0.0467. The molecule has 2 N–H and O–H groups in total. The van der Waals surface area contributed by atoms with Crippen molar-refractivity contribution in [1.29, 1.82) is 0 Å². The van der Waals surface area contributed by atoms with Crippen LogP contribution < -0.4 is 0 Å². The van der Waals surface area contributed by atoms with Gasteiger partial charge >= 0.3 is 0 Å². The van der Waals surface area contributed by atoms with Crippen molar-refractivity contribution in [1.82, 2.24) is 0 Å². The average molecular weight is 190 g/mol. The van der Waals surface area contributed by atoms with Crippen LogP contribution in [-0.2, 0) is 4.74 Å². The van der Waals surface area contributed by atoms with Gasteiger partial charge in [-0.25, -0.2) is 0 Å². The van der Waals surface area contributed by atoms with Crippen LogP contribution in [0.15, 0.2) is 0 Å². The predicted molar refractivity (Wildman–Crippen MR) is 52.6 cm³/mol. The molecule has 13 heavy (non-hydrogen) atoms. The normalized spacial score (nSPS) is 15.7. The zero-order chi connectivity index (χ0) is 10.1. The summed E-state index contributed by atoms with van der Waals surface area (Å²) in [4.78, 5) is 0. The zero-order valence-electron chi connectivity index (χ0n) is 8.70.